The molecular weight excluding hydrogens is 375 g/mol. The van der Waals surface area contributed by atoms with Crippen molar-refractivity contribution < 1.29 is 18.7 Å². The van der Waals surface area contributed by atoms with Gasteiger partial charge in [-0.1, -0.05) is 30.3 Å². The summed E-state index contributed by atoms with van der Waals surface area (Å²) in [5, 5.41) is 0. The van der Waals surface area contributed by atoms with Gasteiger partial charge in [-0.15, -0.1) is 0 Å². The number of halogens is 2. The first-order valence-corrected chi connectivity index (χ1v) is 8.56. The van der Waals surface area contributed by atoms with E-state index in [9.17, 15) is 9.18 Å². The number of esters is 1. The van der Waals surface area contributed by atoms with Gasteiger partial charge in [-0.05, 0) is 46.5 Å². The average molecular weight is 393 g/mol. The van der Waals surface area contributed by atoms with Crippen LogP contribution in [0.1, 0.15) is 30.4 Å². The van der Waals surface area contributed by atoms with Gasteiger partial charge < -0.3 is 9.47 Å². The van der Waals surface area contributed by atoms with E-state index in [1.165, 1.54) is 13.2 Å². The third-order valence-electron chi connectivity index (χ3n) is 4.39. The molecule has 0 saturated heterocycles. The van der Waals surface area contributed by atoms with Gasteiger partial charge in [-0.25, -0.2) is 4.39 Å². The lowest BCUT2D eigenvalue weighted by molar-refractivity contribution is -0.141. The van der Waals surface area contributed by atoms with Gasteiger partial charge in [-0.2, -0.15) is 0 Å². The van der Waals surface area contributed by atoms with Gasteiger partial charge in [-0.3, -0.25) is 4.79 Å². The first-order chi connectivity index (χ1) is 11.5. The van der Waals surface area contributed by atoms with Crippen molar-refractivity contribution >= 4 is 21.9 Å². The standard InChI is InChI=1S/C19H18BrFO3/c1-23-18(22)11-19(7-8-19)14-9-16(21)15(20)10-17(14)24-12-13-5-3-2-4-6-13/h2-6,9-10H,7-8,11-12H2,1H3. The zero-order valence-corrected chi connectivity index (χ0v) is 14.9. The Morgan fingerprint density at radius 2 is 1.96 bits per heavy atom. The van der Waals surface area contributed by atoms with Crippen LogP contribution < -0.4 is 4.74 Å². The summed E-state index contributed by atoms with van der Waals surface area (Å²) >= 11 is 3.21. The second kappa shape index (κ2) is 6.93. The second-order valence-corrected chi connectivity index (χ2v) is 6.92. The molecule has 0 N–H and O–H groups in total. The topological polar surface area (TPSA) is 35.5 Å². The third kappa shape index (κ3) is 3.61. The summed E-state index contributed by atoms with van der Waals surface area (Å²) < 4.78 is 25.2. The fourth-order valence-electron chi connectivity index (χ4n) is 2.84. The predicted octanol–water partition coefficient (Wildman–Crippen LogP) is 4.76. The Labute approximate surface area is 148 Å². The smallest absolute Gasteiger partial charge is 0.306 e. The van der Waals surface area contributed by atoms with Gasteiger partial charge in [0.25, 0.3) is 0 Å². The highest BCUT2D eigenvalue weighted by Crippen LogP contribution is 2.54. The molecule has 0 bridgehead atoms. The maximum atomic E-state index is 14.1. The Balaban J connectivity index is 1.88. The summed E-state index contributed by atoms with van der Waals surface area (Å²) in [6, 6.07) is 12.9. The fourth-order valence-corrected chi connectivity index (χ4v) is 3.16. The van der Waals surface area contributed by atoms with E-state index < -0.39 is 0 Å². The van der Waals surface area contributed by atoms with Crippen LogP contribution in [0.3, 0.4) is 0 Å². The Morgan fingerprint density at radius 1 is 1.25 bits per heavy atom. The molecule has 126 valence electrons. The van der Waals surface area contributed by atoms with Gasteiger partial charge in [0.1, 0.15) is 18.2 Å². The minimum Gasteiger partial charge on any atom is -0.489 e. The van der Waals surface area contributed by atoms with Crippen LogP contribution in [0.2, 0.25) is 0 Å². The molecule has 0 aromatic heterocycles. The Kier molecular flexibility index (Phi) is 4.90. The molecule has 0 amide bonds. The number of hydrogen-bond donors (Lipinski definition) is 0. The molecule has 3 rings (SSSR count). The van der Waals surface area contributed by atoms with Crippen LogP contribution in [0, 0.1) is 5.82 Å². The van der Waals surface area contributed by atoms with E-state index in [0.29, 0.717) is 16.8 Å². The predicted molar refractivity (Wildman–Crippen MR) is 92.4 cm³/mol. The van der Waals surface area contributed by atoms with Crippen molar-refractivity contribution in [2.75, 3.05) is 7.11 Å². The summed E-state index contributed by atoms with van der Waals surface area (Å²) in [7, 11) is 1.37. The van der Waals surface area contributed by atoms with E-state index in [0.717, 1.165) is 24.0 Å². The summed E-state index contributed by atoms with van der Waals surface area (Å²) in [4.78, 5) is 11.7. The van der Waals surface area contributed by atoms with Crippen molar-refractivity contribution in [2.45, 2.75) is 31.3 Å². The van der Waals surface area contributed by atoms with Gasteiger partial charge in [0.2, 0.25) is 0 Å². The van der Waals surface area contributed by atoms with E-state index in [4.69, 9.17) is 9.47 Å². The minimum absolute atomic E-state index is 0.242. The van der Waals surface area contributed by atoms with E-state index in [-0.39, 0.29) is 23.6 Å². The Bertz CT molecular complexity index is 742. The molecular formula is C19H18BrFO3. The van der Waals surface area contributed by atoms with Crippen molar-refractivity contribution in [1.82, 2.24) is 0 Å². The highest BCUT2D eigenvalue weighted by molar-refractivity contribution is 9.10. The minimum atomic E-state index is -0.374. The zero-order chi connectivity index (χ0) is 17.2. The lowest BCUT2D eigenvalue weighted by Crippen LogP contribution is -2.16. The van der Waals surface area contributed by atoms with Crippen molar-refractivity contribution in [3.8, 4) is 5.75 Å². The molecule has 2 aromatic carbocycles. The molecule has 0 aliphatic heterocycles. The number of benzene rings is 2. The van der Waals surface area contributed by atoms with Crippen molar-refractivity contribution in [3.63, 3.8) is 0 Å². The number of ether oxygens (including phenoxy) is 2. The largest absolute Gasteiger partial charge is 0.489 e. The van der Waals surface area contributed by atoms with Crippen LogP contribution in [0.15, 0.2) is 46.9 Å². The second-order valence-electron chi connectivity index (χ2n) is 6.07. The number of carbonyl (C=O) groups excluding carboxylic acids is 1. The van der Waals surface area contributed by atoms with Crippen LogP contribution >= 0.6 is 15.9 Å². The lowest BCUT2D eigenvalue weighted by Gasteiger charge is -2.20. The molecule has 1 aliphatic carbocycles. The van der Waals surface area contributed by atoms with Crippen LogP contribution in [0.25, 0.3) is 0 Å². The lowest BCUT2D eigenvalue weighted by atomic mass is 9.91. The Hall–Kier alpha value is -1.88. The molecule has 0 atom stereocenters. The maximum absolute atomic E-state index is 14.1. The van der Waals surface area contributed by atoms with Gasteiger partial charge in [0.05, 0.1) is 18.0 Å². The molecule has 0 radical (unpaired) electrons. The molecule has 24 heavy (non-hydrogen) atoms. The third-order valence-corrected chi connectivity index (χ3v) is 5.00. The summed E-state index contributed by atoms with van der Waals surface area (Å²) in [6.07, 6.45) is 1.89. The van der Waals surface area contributed by atoms with Crippen molar-refractivity contribution in [1.29, 1.82) is 0 Å². The number of hydrogen-bond acceptors (Lipinski definition) is 3. The molecule has 1 fully saturated rings. The Morgan fingerprint density at radius 3 is 2.58 bits per heavy atom. The average Bonchev–Trinajstić information content (AvgIpc) is 3.36. The van der Waals surface area contributed by atoms with E-state index in [2.05, 4.69) is 15.9 Å². The quantitative estimate of drug-likeness (QED) is 0.664. The zero-order valence-electron chi connectivity index (χ0n) is 13.4. The normalized spacial score (nSPS) is 15.0. The van der Waals surface area contributed by atoms with Crippen LogP contribution in [-0.4, -0.2) is 13.1 Å². The summed E-state index contributed by atoms with van der Waals surface area (Å²) in [5.74, 6) is -0.0356. The molecule has 0 unspecified atom stereocenters. The molecule has 5 heteroatoms. The van der Waals surface area contributed by atoms with E-state index >= 15 is 0 Å². The number of carbonyl (C=O) groups is 1. The molecule has 1 aliphatic rings. The highest BCUT2D eigenvalue weighted by Gasteiger charge is 2.48. The molecule has 0 spiro atoms. The number of rotatable bonds is 6. The number of methoxy groups -OCH3 is 1. The van der Waals surface area contributed by atoms with Crippen molar-refractivity contribution in [3.05, 3.63) is 63.9 Å². The van der Waals surface area contributed by atoms with E-state index in [1.54, 1.807) is 6.07 Å². The van der Waals surface area contributed by atoms with E-state index in [1.807, 2.05) is 30.3 Å². The van der Waals surface area contributed by atoms with Crippen LogP contribution in [0.5, 0.6) is 5.75 Å². The first-order valence-electron chi connectivity index (χ1n) is 7.77. The van der Waals surface area contributed by atoms with Crippen LogP contribution in [-0.2, 0) is 21.6 Å². The monoisotopic (exact) mass is 392 g/mol. The first kappa shape index (κ1) is 17.0. The maximum Gasteiger partial charge on any atom is 0.306 e. The van der Waals surface area contributed by atoms with Crippen molar-refractivity contribution in [2.24, 2.45) is 0 Å². The van der Waals surface area contributed by atoms with Gasteiger partial charge in [0, 0.05) is 11.0 Å². The van der Waals surface area contributed by atoms with Crippen LogP contribution in [0.4, 0.5) is 4.39 Å². The summed E-state index contributed by atoms with van der Waals surface area (Å²) in [6.45, 7) is 0.389. The molecule has 3 nitrogen and oxygen atoms in total. The molecule has 2 aromatic rings. The fraction of sp³-hybridized carbons (Fsp3) is 0.316. The van der Waals surface area contributed by atoms with Gasteiger partial charge >= 0.3 is 5.97 Å². The molecule has 1 saturated carbocycles. The van der Waals surface area contributed by atoms with Gasteiger partial charge in [0.15, 0.2) is 0 Å². The highest BCUT2D eigenvalue weighted by atomic mass is 79.9. The SMILES string of the molecule is COC(=O)CC1(c2cc(F)c(Br)cc2OCc2ccccc2)CC1. The molecule has 0 heterocycles. The summed E-state index contributed by atoms with van der Waals surface area (Å²) in [5.41, 5.74) is 1.40.